The Kier molecular flexibility index (Phi) is 15.7. The predicted octanol–water partition coefficient (Wildman–Crippen LogP) is 4.22. The molecule has 0 aliphatic carbocycles. The zero-order valence-corrected chi connectivity index (χ0v) is 19.0. The van der Waals surface area contributed by atoms with Gasteiger partial charge in [-0.3, -0.25) is 0 Å². The average molecular weight is 458 g/mol. The number of carbonyl (C=O) groups is 1. The van der Waals surface area contributed by atoms with Gasteiger partial charge in [0.05, 0.1) is 12.6 Å². The number of ether oxygens (including phenoxy) is 2. The third-order valence-electron chi connectivity index (χ3n) is 4.22. The lowest BCUT2D eigenvalue weighted by molar-refractivity contribution is 0.135. The van der Waals surface area contributed by atoms with Crippen LogP contribution in [-0.4, -0.2) is 32.3 Å². The molecule has 1 atom stereocenters. The summed E-state index contributed by atoms with van der Waals surface area (Å²) in [6.45, 7) is 4.72. The first-order valence-corrected chi connectivity index (χ1v) is 9.84. The molecule has 0 heterocycles. The summed E-state index contributed by atoms with van der Waals surface area (Å²) in [5, 5.41) is 6.21. The molecule has 0 spiro atoms. The first-order valence-electron chi connectivity index (χ1n) is 9.84. The maximum absolute atomic E-state index is 12.4. The minimum atomic E-state index is -0.466. The van der Waals surface area contributed by atoms with E-state index < -0.39 is 6.09 Å². The maximum atomic E-state index is 12.4. The summed E-state index contributed by atoms with van der Waals surface area (Å²) < 4.78 is 11.3. The van der Waals surface area contributed by atoms with Crippen molar-refractivity contribution in [3.05, 3.63) is 65.7 Å². The van der Waals surface area contributed by atoms with E-state index in [2.05, 4.69) is 17.6 Å². The van der Waals surface area contributed by atoms with E-state index >= 15 is 0 Å². The van der Waals surface area contributed by atoms with Gasteiger partial charge in [-0.25, -0.2) is 4.79 Å². The van der Waals surface area contributed by atoms with Crippen molar-refractivity contribution in [2.24, 2.45) is 5.73 Å². The Balaban J connectivity index is 0.00000420. The normalized spacial score (nSPS) is 10.9. The Morgan fingerprint density at radius 1 is 1.07 bits per heavy atom. The van der Waals surface area contributed by atoms with Gasteiger partial charge in [-0.15, -0.1) is 24.8 Å². The van der Waals surface area contributed by atoms with Gasteiger partial charge in [0.1, 0.15) is 12.4 Å². The zero-order valence-electron chi connectivity index (χ0n) is 17.3. The van der Waals surface area contributed by atoms with Gasteiger partial charge in [0.25, 0.3) is 0 Å². The standard InChI is InChI=1S/C22H31N3O3.2ClH/c1-2-3-15-27-21-12-8-7-11-19(21)20(16-24-14-13-23)25-22(26)28-17-18-9-5-4-6-10-18;;/h4-12,20,24H,2-3,13-17,23H2,1H3,(H,25,26);2*1H. The van der Waals surface area contributed by atoms with Crippen LogP contribution in [-0.2, 0) is 11.3 Å². The molecule has 6 nitrogen and oxygen atoms in total. The topological polar surface area (TPSA) is 85.6 Å². The first kappa shape index (κ1) is 28.0. The smallest absolute Gasteiger partial charge is 0.407 e. The molecule has 168 valence electrons. The van der Waals surface area contributed by atoms with Crippen molar-refractivity contribution in [1.29, 1.82) is 0 Å². The number of benzene rings is 2. The number of alkyl carbamates (subject to hydrolysis) is 1. The van der Waals surface area contributed by atoms with Crippen LogP contribution in [0.4, 0.5) is 4.79 Å². The van der Waals surface area contributed by atoms with Crippen LogP contribution < -0.4 is 21.1 Å². The predicted molar refractivity (Wildman–Crippen MR) is 126 cm³/mol. The van der Waals surface area contributed by atoms with Crippen LogP contribution in [0.25, 0.3) is 0 Å². The van der Waals surface area contributed by atoms with Gasteiger partial charge in [0, 0.05) is 25.2 Å². The molecule has 0 aliphatic rings. The molecule has 2 aromatic rings. The number of rotatable bonds is 12. The van der Waals surface area contributed by atoms with Crippen molar-refractivity contribution >= 4 is 30.9 Å². The number of hydrogen-bond acceptors (Lipinski definition) is 5. The summed E-state index contributed by atoms with van der Waals surface area (Å²) in [7, 11) is 0. The number of hydrogen-bond donors (Lipinski definition) is 3. The summed E-state index contributed by atoms with van der Waals surface area (Å²) in [5.41, 5.74) is 7.44. The molecule has 0 aliphatic heterocycles. The van der Waals surface area contributed by atoms with Crippen molar-refractivity contribution in [3.63, 3.8) is 0 Å². The molecule has 0 saturated heterocycles. The van der Waals surface area contributed by atoms with Crippen molar-refractivity contribution in [2.45, 2.75) is 32.4 Å². The lowest BCUT2D eigenvalue weighted by Gasteiger charge is -2.22. The molecule has 1 amide bonds. The largest absolute Gasteiger partial charge is 0.493 e. The summed E-state index contributed by atoms with van der Waals surface area (Å²) in [5.74, 6) is 0.777. The number of halogens is 2. The fourth-order valence-corrected chi connectivity index (χ4v) is 2.72. The zero-order chi connectivity index (χ0) is 20.0. The van der Waals surface area contributed by atoms with E-state index in [-0.39, 0.29) is 37.5 Å². The van der Waals surface area contributed by atoms with E-state index in [0.717, 1.165) is 29.7 Å². The molecule has 0 radical (unpaired) electrons. The molecular formula is C22H33Cl2N3O3. The van der Waals surface area contributed by atoms with Crippen LogP contribution in [0.3, 0.4) is 0 Å². The molecule has 0 bridgehead atoms. The second-order valence-corrected chi connectivity index (χ2v) is 6.49. The van der Waals surface area contributed by atoms with Crippen LogP contribution in [0.15, 0.2) is 54.6 Å². The molecule has 2 aromatic carbocycles. The lowest BCUT2D eigenvalue weighted by Crippen LogP contribution is -2.37. The van der Waals surface area contributed by atoms with Gasteiger partial charge >= 0.3 is 6.09 Å². The van der Waals surface area contributed by atoms with Crippen LogP contribution >= 0.6 is 24.8 Å². The van der Waals surface area contributed by atoms with Crippen LogP contribution in [0.2, 0.25) is 0 Å². The second-order valence-electron chi connectivity index (χ2n) is 6.49. The van der Waals surface area contributed by atoms with Crippen molar-refractivity contribution in [2.75, 3.05) is 26.2 Å². The van der Waals surface area contributed by atoms with Gasteiger partial charge in [-0.1, -0.05) is 61.9 Å². The summed E-state index contributed by atoms with van der Waals surface area (Å²) in [4.78, 5) is 12.4. The fourth-order valence-electron chi connectivity index (χ4n) is 2.72. The van der Waals surface area contributed by atoms with E-state index in [9.17, 15) is 4.79 Å². The highest BCUT2D eigenvalue weighted by atomic mass is 35.5. The van der Waals surface area contributed by atoms with Gasteiger partial charge in [0.2, 0.25) is 0 Å². The highest BCUT2D eigenvalue weighted by Gasteiger charge is 2.19. The summed E-state index contributed by atoms with van der Waals surface area (Å²) >= 11 is 0. The Morgan fingerprint density at radius 2 is 1.77 bits per heavy atom. The highest BCUT2D eigenvalue weighted by Crippen LogP contribution is 2.25. The van der Waals surface area contributed by atoms with E-state index in [1.165, 1.54) is 0 Å². The van der Waals surface area contributed by atoms with Crippen LogP contribution in [0.1, 0.15) is 36.9 Å². The van der Waals surface area contributed by atoms with Crippen LogP contribution in [0, 0.1) is 0 Å². The molecule has 0 saturated carbocycles. The summed E-state index contributed by atoms with van der Waals surface area (Å²) in [6.07, 6.45) is 1.58. The minimum Gasteiger partial charge on any atom is -0.493 e. The van der Waals surface area contributed by atoms with Crippen molar-refractivity contribution < 1.29 is 14.3 Å². The monoisotopic (exact) mass is 457 g/mol. The van der Waals surface area contributed by atoms with Gasteiger partial charge in [-0.05, 0) is 18.1 Å². The minimum absolute atomic E-state index is 0. The molecule has 0 fully saturated rings. The Labute approximate surface area is 191 Å². The number of para-hydroxylation sites is 1. The molecule has 30 heavy (non-hydrogen) atoms. The molecule has 0 aromatic heterocycles. The highest BCUT2D eigenvalue weighted by molar-refractivity contribution is 5.85. The number of nitrogens with two attached hydrogens (primary N) is 1. The van der Waals surface area contributed by atoms with Crippen molar-refractivity contribution in [3.8, 4) is 5.75 Å². The Morgan fingerprint density at radius 3 is 2.47 bits per heavy atom. The number of carbonyl (C=O) groups excluding carboxylic acids is 1. The number of unbranched alkanes of at least 4 members (excludes halogenated alkanes) is 1. The quantitative estimate of drug-likeness (QED) is 0.415. The van der Waals surface area contributed by atoms with E-state index in [0.29, 0.717) is 26.2 Å². The fraction of sp³-hybridized carbons (Fsp3) is 0.409. The number of nitrogens with one attached hydrogen (secondary N) is 2. The molecule has 1 unspecified atom stereocenters. The average Bonchev–Trinajstić information content (AvgIpc) is 2.73. The molecule has 2 rings (SSSR count). The van der Waals surface area contributed by atoms with E-state index in [1.807, 2.05) is 54.6 Å². The van der Waals surface area contributed by atoms with E-state index in [4.69, 9.17) is 15.2 Å². The molecular weight excluding hydrogens is 425 g/mol. The molecule has 8 heteroatoms. The Hall–Kier alpha value is -1.99. The van der Waals surface area contributed by atoms with E-state index in [1.54, 1.807) is 0 Å². The third kappa shape index (κ3) is 10.2. The maximum Gasteiger partial charge on any atom is 0.407 e. The molecule has 4 N–H and O–H groups in total. The second kappa shape index (κ2) is 16.8. The van der Waals surface area contributed by atoms with Gasteiger partial charge in [-0.2, -0.15) is 0 Å². The lowest BCUT2D eigenvalue weighted by atomic mass is 10.1. The summed E-state index contributed by atoms with van der Waals surface area (Å²) in [6, 6.07) is 17.1. The first-order chi connectivity index (χ1) is 13.7. The Bertz CT molecular complexity index is 705. The SMILES string of the molecule is CCCCOc1ccccc1C(CNCCN)NC(=O)OCc1ccccc1.Cl.Cl. The number of amides is 1. The third-order valence-corrected chi connectivity index (χ3v) is 4.22. The van der Waals surface area contributed by atoms with Gasteiger partial charge in [0.15, 0.2) is 0 Å². The van der Waals surface area contributed by atoms with Crippen molar-refractivity contribution in [1.82, 2.24) is 10.6 Å². The van der Waals surface area contributed by atoms with Gasteiger partial charge < -0.3 is 25.8 Å². The van der Waals surface area contributed by atoms with Crippen LogP contribution in [0.5, 0.6) is 5.75 Å².